The molecule has 1 N–H and O–H groups in total. The molecule has 1 saturated heterocycles. The van der Waals surface area contributed by atoms with Crippen LogP contribution in [0.2, 0.25) is 10.0 Å². The zero-order valence-electron chi connectivity index (χ0n) is 13.0. The van der Waals surface area contributed by atoms with E-state index in [-0.39, 0.29) is 6.10 Å². The first-order valence-electron chi connectivity index (χ1n) is 8.00. The Balaban J connectivity index is 1.75. The maximum absolute atomic E-state index is 6.18. The van der Waals surface area contributed by atoms with Crippen molar-refractivity contribution in [1.82, 2.24) is 9.38 Å². The van der Waals surface area contributed by atoms with Gasteiger partial charge in [-0.15, -0.1) is 0 Å². The van der Waals surface area contributed by atoms with Crippen LogP contribution < -0.4 is 5.32 Å². The van der Waals surface area contributed by atoms with Gasteiger partial charge in [0.05, 0.1) is 11.1 Å². The van der Waals surface area contributed by atoms with Gasteiger partial charge in [-0.2, -0.15) is 0 Å². The van der Waals surface area contributed by atoms with E-state index in [1.54, 1.807) is 0 Å². The molecule has 1 aliphatic rings. The standard InChI is InChI=1S/C18H17Cl2N3O/c19-13-5-3-12(4-6-13)17-18(21-10-15-2-1-9-24-15)23-11-14(20)7-8-16(23)22-17/h3-8,11,15,21H,1-2,9-10H2/t15-/m0/s1. The van der Waals surface area contributed by atoms with Crippen molar-refractivity contribution in [3.05, 3.63) is 52.6 Å². The number of benzene rings is 1. The van der Waals surface area contributed by atoms with Crippen LogP contribution in [0.15, 0.2) is 42.6 Å². The number of hydrogen-bond donors (Lipinski definition) is 1. The lowest BCUT2D eigenvalue weighted by Crippen LogP contribution is -2.19. The largest absolute Gasteiger partial charge is 0.376 e. The van der Waals surface area contributed by atoms with Gasteiger partial charge in [0.2, 0.25) is 0 Å². The fourth-order valence-electron chi connectivity index (χ4n) is 3.01. The molecule has 6 heteroatoms. The van der Waals surface area contributed by atoms with Gasteiger partial charge >= 0.3 is 0 Å². The van der Waals surface area contributed by atoms with Gasteiger partial charge in [-0.05, 0) is 37.1 Å². The molecular formula is C18H17Cl2N3O. The van der Waals surface area contributed by atoms with E-state index in [2.05, 4.69) is 5.32 Å². The molecule has 4 rings (SSSR count). The van der Waals surface area contributed by atoms with Crippen molar-refractivity contribution in [2.45, 2.75) is 18.9 Å². The molecular weight excluding hydrogens is 345 g/mol. The molecule has 0 radical (unpaired) electrons. The first-order chi connectivity index (χ1) is 11.7. The van der Waals surface area contributed by atoms with Crippen LogP contribution in [0.3, 0.4) is 0 Å². The zero-order chi connectivity index (χ0) is 16.5. The minimum Gasteiger partial charge on any atom is -0.376 e. The number of pyridine rings is 1. The molecule has 0 unspecified atom stereocenters. The van der Waals surface area contributed by atoms with Crippen LogP contribution in [0.4, 0.5) is 5.82 Å². The Hall–Kier alpha value is -1.75. The van der Waals surface area contributed by atoms with E-state index in [1.807, 2.05) is 47.0 Å². The summed E-state index contributed by atoms with van der Waals surface area (Å²) in [5.41, 5.74) is 2.74. The number of aromatic nitrogens is 2. The van der Waals surface area contributed by atoms with Gasteiger partial charge in [-0.1, -0.05) is 35.3 Å². The molecule has 3 aromatic rings. The number of hydrogen-bond acceptors (Lipinski definition) is 3. The van der Waals surface area contributed by atoms with Crippen LogP contribution in [0, 0.1) is 0 Å². The summed E-state index contributed by atoms with van der Waals surface area (Å²) in [6.07, 6.45) is 4.32. The molecule has 1 fully saturated rings. The van der Waals surface area contributed by atoms with Crippen molar-refractivity contribution >= 4 is 34.7 Å². The number of imidazole rings is 1. The smallest absolute Gasteiger partial charge is 0.139 e. The van der Waals surface area contributed by atoms with Crippen molar-refractivity contribution in [1.29, 1.82) is 0 Å². The molecule has 0 aliphatic carbocycles. The molecule has 2 aromatic heterocycles. The third kappa shape index (κ3) is 3.09. The van der Waals surface area contributed by atoms with Crippen LogP contribution in [-0.4, -0.2) is 28.6 Å². The number of rotatable bonds is 4. The van der Waals surface area contributed by atoms with E-state index in [0.717, 1.165) is 48.7 Å². The molecule has 0 amide bonds. The summed E-state index contributed by atoms with van der Waals surface area (Å²) in [5.74, 6) is 0.922. The van der Waals surface area contributed by atoms with Crippen molar-refractivity contribution in [3.8, 4) is 11.3 Å². The monoisotopic (exact) mass is 361 g/mol. The second kappa shape index (κ2) is 6.63. The minimum absolute atomic E-state index is 0.243. The van der Waals surface area contributed by atoms with Crippen LogP contribution in [0.5, 0.6) is 0 Å². The van der Waals surface area contributed by atoms with Crippen LogP contribution in [0.1, 0.15) is 12.8 Å². The lowest BCUT2D eigenvalue weighted by molar-refractivity contribution is 0.120. The minimum atomic E-state index is 0.243. The summed E-state index contributed by atoms with van der Waals surface area (Å²) in [6.45, 7) is 1.59. The Morgan fingerprint density at radius 3 is 2.67 bits per heavy atom. The predicted molar refractivity (Wildman–Crippen MR) is 98.1 cm³/mol. The maximum Gasteiger partial charge on any atom is 0.139 e. The summed E-state index contributed by atoms with van der Waals surface area (Å²) in [5, 5.41) is 4.88. The molecule has 0 bridgehead atoms. The number of anilines is 1. The Kier molecular flexibility index (Phi) is 4.35. The fourth-order valence-corrected chi connectivity index (χ4v) is 3.30. The normalized spacial score (nSPS) is 17.5. The van der Waals surface area contributed by atoms with Crippen LogP contribution in [0.25, 0.3) is 16.9 Å². The average molecular weight is 362 g/mol. The van der Waals surface area contributed by atoms with Crippen molar-refractivity contribution in [2.24, 2.45) is 0 Å². The van der Waals surface area contributed by atoms with E-state index in [1.165, 1.54) is 0 Å². The average Bonchev–Trinajstić information content (AvgIpc) is 3.21. The first kappa shape index (κ1) is 15.8. The lowest BCUT2D eigenvalue weighted by Gasteiger charge is -2.13. The highest BCUT2D eigenvalue weighted by Crippen LogP contribution is 2.31. The molecule has 0 saturated carbocycles. The van der Waals surface area contributed by atoms with E-state index < -0.39 is 0 Å². The van der Waals surface area contributed by atoms with E-state index in [0.29, 0.717) is 10.0 Å². The van der Waals surface area contributed by atoms with Gasteiger partial charge in [0.15, 0.2) is 0 Å². The van der Waals surface area contributed by atoms with Crippen molar-refractivity contribution in [2.75, 3.05) is 18.5 Å². The number of halogens is 2. The Morgan fingerprint density at radius 1 is 1.12 bits per heavy atom. The highest BCUT2D eigenvalue weighted by molar-refractivity contribution is 6.30. The summed E-state index contributed by atoms with van der Waals surface area (Å²) >= 11 is 12.2. The molecule has 0 spiro atoms. The van der Waals surface area contributed by atoms with Crippen LogP contribution >= 0.6 is 23.2 Å². The van der Waals surface area contributed by atoms with Gasteiger partial charge in [0.1, 0.15) is 17.2 Å². The van der Waals surface area contributed by atoms with Crippen molar-refractivity contribution in [3.63, 3.8) is 0 Å². The quantitative estimate of drug-likeness (QED) is 0.718. The third-order valence-electron chi connectivity index (χ3n) is 4.22. The molecule has 1 aromatic carbocycles. The Labute approximate surface area is 150 Å². The highest BCUT2D eigenvalue weighted by atomic mass is 35.5. The zero-order valence-corrected chi connectivity index (χ0v) is 14.5. The fraction of sp³-hybridized carbons (Fsp3) is 0.278. The van der Waals surface area contributed by atoms with Crippen LogP contribution in [-0.2, 0) is 4.74 Å². The summed E-state index contributed by atoms with van der Waals surface area (Å²) in [6, 6.07) is 11.5. The third-order valence-corrected chi connectivity index (χ3v) is 4.70. The Bertz CT molecular complexity index is 855. The molecule has 3 heterocycles. The number of fused-ring (bicyclic) bond motifs is 1. The number of ether oxygens (including phenoxy) is 1. The van der Waals surface area contributed by atoms with Crippen molar-refractivity contribution < 1.29 is 4.74 Å². The van der Waals surface area contributed by atoms with Gasteiger partial charge in [-0.3, -0.25) is 4.40 Å². The predicted octanol–water partition coefficient (Wildman–Crippen LogP) is 4.90. The second-order valence-electron chi connectivity index (χ2n) is 5.91. The number of nitrogens with one attached hydrogen (secondary N) is 1. The van der Waals surface area contributed by atoms with Gasteiger partial charge < -0.3 is 10.1 Å². The van der Waals surface area contributed by atoms with E-state index in [4.69, 9.17) is 32.9 Å². The highest BCUT2D eigenvalue weighted by Gasteiger charge is 2.19. The molecule has 24 heavy (non-hydrogen) atoms. The number of nitrogens with zero attached hydrogens (tertiary/aromatic N) is 2. The van der Waals surface area contributed by atoms with E-state index in [9.17, 15) is 0 Å². The molecule has 4 nitrogen and oxygen atoms in total. The van der Waals surface area contributed by atoms with Gasteiger partial charge in [0, 0.05) is 29.9 Å². The topological polar surface area (TPSA) is 38.6 Å². The van der Waals surface area contributed by atoms with Gasteiger partial charge in [0.25, 0.3) is 0 Å². The van der Waals surface area contributed by atoms with Gasteiger partial charge in [-0.25, -0.2) is 4.98 Å². The first-order valence-corrected chi connectivity index (χ1v) is 8.75. The second-order valence-corrected chi connectivity index (χ2v) is 6.78. The Morgan fingerprint density at radius 2 is 1.92 bits per heavy atom. The molecule has 1 aliphatic heterocycles. The summed E-state index contributed by atoms with van der Waals surface area (Å²) < 4.78 is 7.70. The molecule has 1 atom stereocenters. The molecule has 124 valence electrons. The lowest BCUT2D eigenvalue weighted by atomic mass is 10.1. The summed E-state index contributed by atoms with van der Waals surface area (Å²) in [7, 11) is 0. The summed E-state index contributed by atoms with van der Waals surface area (Å²) in [4.78, 5) is 4.76. The maximum atomic E-state index is 6.18. The van der Waals surface area contributed by atoms with E-state index >= 15 is 0 Å². The SMILES string of the molecule is Clc1ccc(-c2nc3ccc(Cl)cn3c2NC[C@@H]2CCCO2)cc1.